The Balaban J connectivity index is 1.60. The van der Waals surface area contributed by atoms with Crippen molar-refractivity contribution in [3.8, 4) is 34.5 Å². The fourth-order valence-electron chi connectivity index (χ4n) is 3.26. The smallest absolute Gasteiger partial charge is 0.153 e. The van der Waals surface area contributed by atoms with Crippen molar-refractivity contribution in [2.45, 2.75) is 0 Å². The molecule has 0 N–H and O–H groups in total. The van der Waals surface area contributed by atoms with Crippen molar-refractivity contribution in [3.05, 3.63) is 101 Å². The molecule has 0 aliphatic heterocycles. The molecule has 148 valence electrons. The molecule has 0 aliphatic carbocycles. The average molecular weight is 420 g/mol. The summed E-state index contributed by atoms with van der Waals surface area (Å²) >= 11 is 1.42. The third kappa shape index (κ3) is 3.82. The van der Waals surface area contributed by atoms with Crippen LogP contribution in [0.2, 0.25) is 0 Å². The van der Waals surface area contributed by atoms with Gasteiger partial charge in [-0.2, -0.15) is 10.4 Å². The van der Waals surface area contributed by atoms with Gasteiger partial charge in [-0.15, -0.1) is 11.3 Å². The molecule has 0 amide bonds. The molecule has 6 heteroatoms. The number of nitriles is 1. The lowest BCUT2D eigenvalue weighted by molar-refractivity contribution is 0.580. The van der Waals surface area contributed by atoms with Gasteiger partial charge in [-0.25, -0.2) is 9.67 Å². The molecule has 5 aromatic rings. The molecule has 31 heavy (non-hydrogen) atoms. The maximum atomic E-state index is 9.86. The second-order valence-electron chi connectivity index (χ2n) is 6.76. The quantitative estimate of drug-likeness (QED) is 0.312. The number of nitrogens with zero attached hydrogens (tertiary/aromatic N) is 4. The number of para-hydroxylation sites is 1. The van der Waals surface area contributed by atoms with Crippen molar-refractivity contribution >= 4 is 23.0 Å². The van der Waals surface area contributed by atoms with E-state index >= 15 is 0 Å². The number of thiazole rings is 1. The highest BCUT2D eigenvalue weighted by Gasteiger charge is 2.15. The minimum absolute atomic E-state index is 0.479. The second kappa shape index (κ2) is 8.27. The van der Waals surface area contributed by atoms with E-state index < -0.39 is 0 Å². The molecule has 0 radical (unpaired) electrons. The van der Waals surface area contributed by atoms with E-state index in [0.29, 0.717) is 16.3 Å². The van der Waals surface area contributed by atoms with Gasteiger partial charge in [0.25, 0.3) is 0 Å². The molecule has 0 aliphatic rings. The van der Waals surface area contributed by atoms with E-state index in [0.717, 1.165) is 28.2 Å². The molecule has 0 fully saturated rings. The molecule has 2 aromatic carbocycles. The average Bonchev–Trinajstić information content (AvgIpc) is 3.59. The molecule has 3 aromatic heterocycles. The van der Waals surface area contributed by atoms with Crippen LogP contribution >= 0.6 is 11.3 Å². The van der Waals surface area contributed by atoms with Crippen LogP contribution in [0.4, 0.5) is 0 Å². The molecular formula is C25H16N4OS. The largest absolute Gasteiger partial charge is 0.463 e. The van der Waals surface area contributed by atoms with Gasteiger partial charge in [-0.3, -0.25) is 0 Å². The molecule has 0 spiro atoms. The summed E-state index contributed by atoms with van der Waals surface area (Å²) in [5.41, 5.74) is 4.78. The predicted octanol–water partition coefficient (Wildman–Crippen LogP) is 6.32. The Labute approximate surface area is 183 Å². The van der Waals surface area contributed by atoms with Crippen molar-refractivity contribution in [2.75, 3.05) is 0 Å². The van der Waals surface area contributed by atoms with E-state index in [2.05, 4.69) is 11.1 Å². The summed E-state index contributed by atoms with van der Waals surface area (Å²) in [5, 5.41) is 17.2. The minimum Gasteiger partial charge on any atom is -0.463 e. The molecule has 0 atom stereocenters. The highest BCUT2D eigenvalue weighted by Crippen LogP contribution is 2.30. The molecule has 0 saturated carbocycles. The van der Waals surface area contributed by atoms with Crippen molar-refractivity contribution < 1.29 is 4.42 Å². The Morgan fingerprint density at radius 2 is 1.77 bits per heavy atom. The van der Waals surface area contributed by atoms with E-state index in [1.54, 1.807) is 6.26 Å². The first-order valence-electron chi connectivity index (χ1n) is 9.64. The lowest BCUT2D eigenvalue weighted by Crippen LogP contribution is -1.93. The number of aromatic nitrogens is 3. The summed E-state index contributed by atoms with van der Waals surface area (Å²) in [6.07, 6.45) is 5.40. The van der Waals surface area contributed by atoms with E-state index in [1.807, 2.05) is 95.1 Å². The van der Waals surface area contributed by atoms with Crippen molar-refractivity contribution in [1.29, 1.82) is 5.26 Å². The van der Waals surface area contributed by atoms with Crippen LogP contribution in [0.5, 0.6) is 0 Å². The Bertz CT molecular complexity index is 1370. The number of benzene rings is 2. The highest BCUT2D eigenvalue weighted by molar-refractivity contribution is 7.11. The zero-order valence-corrected chi connectivity index (χ0v) is 17.2. The monoisotopic (exact) mass is 420 g/mol. The summed E-state index contributed by atoms with van der Waals surface area (Å²) in [6.45, 7) is 0. The van der Waals surface area contributed by atoms with Gasteiger partial charge in [-0.1, -0.05) is 48.5 Å². The van der Waals surface area contributed by atoms with Crippen molar-refractivity contribution in [3.63, 3.8) is 0 Å². The second-order valence-corrected chi connectivity index (χ2v) is 7.62. The summed E-state index contributed by atoms with van der Waals surface area (Å²) in [4.78, 5) is 4.59. The Hall–Kier alpha value is -4.21. The molecule has 0 unspecified atom stereocenters. The fraction of sp³-hybridized carbons (Fsp3) is 0. The maximum absolute atomic E-state index is 9.86. The van der Waals surface area contributed by atoms with Gasteiger partial charge >= 0.3 is 0 Å². The minimum atomic E-state index is 0.479. The van der Waals surface area contributed by atoms with Gasteiger partial charge in [0.1, 0.15) is 16.8 Å². The standard InChI is InChI=1S/C25H16N4OS/c26-15-19(25-27-22(17-31-25)23-12-7-13-30-23)14-20-16-29(21-10-5-2-6-11-21)28-24(20)18-8-3-1-4-9-18/h1-14,16-17H/b19-14+. The van der Waals surface area contributed by atoms with Gasteiger partial charge in [0, 0.05) is 22.7 Å². The van der Waals surface area contributed by atoms with Crippen LogP contribution in [0, 0.1) is 11.3 Å². The molecule has 0 saturated heterocycles. The number of rotatable bonds is 5. The topological polar surface area (TPSA) is 67.6 Å². The first-order chi connectivity index (χ1) is 15.3. The van der Waals surface area contributed by atoms with Crippen LogP contribution in [-0.4, -0.2) is 14.8 Å². The van der Waals surface area contributed by atoms with E-state index in [4.69, 9.17) is 9.52 Å². The molecular weight excluding hydrogens is 404 g/mol. The number of furan rings is 1. The molecule has 0 bridgehead atoms. The maximum Gasteiger partial charge on any atom is 0.153 e. The van der Waals surface area contributed by atoms with Crippen LogP contribution in [0.15, 0.2) is 95.1 Å². The summed E-state index contributed by atoms with van der Waals surface area (Å²) in [5.74, 6) is 0.682. The number of hydrogen-bond donors (Lipinski definition) is 0. The fourth-order valence-corrected chi connectivity index (χ4v) is 4.03. The third-order valence-corrected chi connectivity index (χ3v) is 5.61. The Morgan fingerprint density at radius 1 is 1.00 bits per heavy atom. The lowest BCUT2D eigenvalue weighted by atomic mass is 10.1. The van der Waals surface area contributed by atoms with E-state index in [1.165, 1.54) is 11.3 Å². The summed E-state index contributed by atoms with van der Waals surface area (Å²) < 4.78 is 7.25. The predicted molar refractivity (Wildman–Crippen MR) is 122 cm³/mol. The van der Waals surface area contributed by atoms with Gasteiger partial charge in [0.15, 0.2) is 5.76 Å². The summed E-state index contributed by atoms with van der Waals surface area (Å²) in [6, 6.07) is 25.8. The first kappa shape index (κ1) is 18.8. The van der Waals surface area contributed by atoms with Gasteiger partial charge < -0.3 is 4.42 Å². The first-order valence-corrected chi connectivity index (χ1v) is 10.5. The lowest BCUT2D eigenvalue weighted by Gasteiger charge is -2.00. The third-order valence-electron chi connectivity index (χ3n) is 4.74. The summed E-state index contributed by atoms with van der Waals surface area (Å²) in [7, 11) is 0. The van der Waals surface area contributed by atoms with Crippen LogP contribution < -0.4 is 0 Å². The van der Waals surface area contributed by atoms with E-state index in [-0.39, 0.29) is 0 Å². The normalized spacial score (nSPS) is 11.4. The van der Waals surface area contributed by atoms with Gasteiger partial charge in [0.2, 0.25) is 0 Å². The number of hydrogen-bond acceptors (Lipinski definition) is 5. The van der Waals surface area contributed by atoms with E-state index in [9.17, 15) is 5.26 Å². The zero-order valence-electron chi connectivity index (χ0n) is 16.3. The molecule has 5 rings (SSSR count). The highest BCUT2D eigenvalue weighted by atomic mass is 32.1. The zero-order chi connectivity index (χ0) is 21.0. The molecule has 3 heterocycles. The number of allylic oxidation sites excluding steroid dienone is 1. The van der Waals surface area contributed by atoms with Gasteiger partial charge in [0.05, 0.1) is 23.2 Å². The molecule has 5 nitrogen and oxygen atoms in total. The van der Waals surface area contributed by atoms with Crippen molar-refractivity contribution in [1.82, 2.24) is 14.8 Å². The Kier molecular flexibility index (Phi) is 5.01. The van der Waals surface area contributed by atoms with Crippen LogP contribution in [0.25, 0.3) is 40.0 Å². The Morgan fingerprint density at radius 3 is 2.48 bits per heavy atom. The van der Waals surface area contributed by atoms with Gasteiger partial charge in [-0.05, 0) is 30.3 Å². The van der Waals surface area contributed by atoms with Crippen molar-refractivity contribution in [2.24, 2.45) is 0 Å². The SMILES string of the molecule is N#C/C(=C\c1cn(-c2ccccc2)nc1-c1ccccc1)c1nc(-c2ccco2)cs1. The van der Waals surface area contributed by atoms with Crippen LogP contribution in [0.3, 0.4) is 0 Å². The van der Waals surface area contributed by atoms with Crippen LogP contribution in [0.1, 0.15) is 10.6 Å². The van der Waals surface area contributed by atoms with Crippen LogP contribution in [-0.2, 0) is 0 Å².